The van der Waals surface area contributed by atoms with Gasteiger partial charge >= 0.3 is 0 Å². The summed E-state index contributed by atoms with van der Waals surface area (Å²) >= 11 is 5.92. The fraction of sp³-hybridized carbons (Fsp3) is 0.333. The van der Waals surface area contributed by atoms with Crippen LogP contribution in [-0.4, -0.2) is 11.8 Å². The van der Waals surface area contributed by atoms with E-state index in [2.05, 4.69) is 10.9 Å². The van der Waals surface area contributed by atoms with Gasteiger partial charge in [-0.15, -0.1) is 0 Å². The second kappa shape index (κ2) is 6.32. The first kappa shape index (κ1) is 16.6. The maximum atomic E-state index is 12.7. The van der Waals surface area contributed by atoms with E-state index in [9.17, 15) is 9.59 Å². The summed E-state index contributed by atoms with van der Waals surface area (Å²) in [4.78, 5) is 24.9. The first-order valence-electron chi connectivity index (χ1n) is 7.86. The average molecular weight is 347 g/mol. The molecular formula is C18H19ClN2O3. The molecule has 0 atom stereocenters. The van der Waals surface area contributed by atoms with Gasteiger partial charge in [0.2, 0.25) is 5.91 Å². The minimum Gasteiger partial charge on any atom is -0.466 e. The first-order valence-corrected chi connectivity index (χ1v) is 8.24. The molecule has 1 heterocycles. The molecule has 126 valence electrons. The van der Waals surface area contributed by atoms with Gasteiger partial charge in [0.05, 0.1) is 11.0 Å². The van der Waals surface area contributed by atoms with Crippen LogP contribution in [0.3, 0.4) is 0 Å². The van der Waals surface area contributed by atoms with E-state index in [4.69, 9.17) is 16.0 Å². The van der Waals surface area contributed by atoms with Crippen LogP contribution < -0.4 is 10.9 Å². The number of hydrazine groups is 1. The molecule has 0 bridgehead atoms. The third-order valence-corrected chi connectivity index (χ3v) is 4.87. The number of hydrogen-bond donors (Lipinski definition) is 2. The molecule has 1 fully saturated rings. The quantitative estimate of drug-likeness (QED) is 0.836. The Hall–Kier alpha value is -2.27. The van der Waals surface area contributed by atoms with Crippen molar-refractivity contribution in [1.29, 1.82) is 0 Å². The third-order valence-electron chi connectivity index (χ3n) is 4.61. The van der Waals surface area contributed by atoms with Crippen LogP contribution in [0.4, 0.5) is 0 Å². The summed E-state index contributed by atoms with van der Waals surface area (Å²) < 4.78 is 5.34. The Morgan fingerprint density at radius 2 is 1.79 bits per heavy atom. The molecule has 5 nitrogen and oxygen atoms in total. The number of halogens is 1. The zero-order chi connectivity index (χ0) is 17.3. The van der Waals surface area contributed by atoms with E-state index in [0.717, 1.165) is 24.8 Å². The maximum absolute atomic E-state index is 12.7. The minimum atomic E-state index is -0.598. The highest BCUT2D eigenvalue weighted by atomic mass is 35.5. The van der Waals surface area contributed by atoms with Crippen molar-refractivity contribution in [3.8, 4) is 0 Å². The number of aryl methyl sites for hydroxylation is 2. The molecule has 0 aliphatic heterocycles. The molecule has 1 aromatic carbocycles. The molecule has 24 heavy (non-hydrogen) atoms. The largest absolute Gasteiger partial charge is 0.466 e. The summed E-state index contributed by atoms with van der Waals surface area (Å²) in [5.41, 5.74) is 5.78. The van der Waals surface area contributed by atoms with Gasteiger partial charge in [-0.1, -0.05) is 30.2 Å². The maximum Gasteiger partial charge on any atom is 0.273 e. The molecule has 1 aliphatic rings. The van der Waals surface area contributed by atoms with Crippen molar-refractivity contribution >= 4 is 23.4 Å². The molecule has 6 heteroatoms. The highest BCUT2D eigenvalue weighted by Crippen LogP contribution is 2.44. The lowest BCUT2D eigenvalue weighted by atomic mass is 9.64. The van der Waals surface area contributed by atoms with E-state index in [1.165, 1.54) is 0 Å². The van der Waals surface area contributed by atoms with E-state index < -0.39 is 5.41 Å². The second-order valence-electron chi connectivity index (χ2n) is 6.18. The molecule has 2 N–H and O–H groups in total. The Morgan fingerprint density at radius 3 is 2.29 bits per heavy atom. The van der Waals surface area contributed by atoms with E-state index >= 15 is 0 Å². The number of nitrogens with one attached hydrogen (secondary N) is 2. The van der Waals surface area contributed by atoms with Gasteiger partial charge in [0.1, 0.15) is 11.5 Å². The van der Waals surface area contributed by atoms with Crippen molar-refractivity contribution in [3.05, 3.63) is 58.0 Å². The summed E-state index contributed by atoms with van der Waals surface area (Å²) in [7, 11) is 0. The Labute approximate surface area is 145 Å². The zero-order valence-electron chi connectivity index (χ0n) is 13.6. The molecule has 0 radical (unpaired) electrons. The Bertz CT molecular complexity index is 776. The van der Waals surface area contributed by atoms with Crippen molar-refractivity contribution < 1.29 is 14.0 Å². The van der Waals surface area contributed by atoms with E-state index in [1.807, 2.05) is 12.1 Å². The zero-order valence-corrected chi connectivity index (χ0v) is 14.4. The van der Waals surface area contributed by atoms with Crippen LogP contribution in [0.25, 0.3) is 0 Å². The molecule has 1 aromatic heterocycles. The van der Waals surface area contributed by atoms with Gasteiger partial charge in [-0.2, -0.15) is 0 Å². The summed E-state index contributed by atoms with van der Waals surface area (Å²) in [5, 5.41) is 0.632. The first-order chi connectivity index (χ1) is 11.4. The Kier molecular flexibility index (Phi) is 4.37. The van der Waals surface area contributed by atoms with Crippen LogP contribution in [-0.2, 0) is 10.2 Å². The lowest BCUT2D eigenvalue weighted by molar-refractivity contribution is -0.130. The smallest absolute Gasteiger partial charge is 0.273 e. The van der Waals surface area contributed by atoms with Crippen LogP contribution in [0.2, 0.25) is 5.02 Å². The van der Waals surface area contributed by atoms with Crippen molar-refractivity contribution in [2.24, 2.45) is 0 Å². The predicted molar refractivity (Wildman–Crippen MR) is 90.8 cm³/mol. The van der Waals surface area contributed by atoms with Crippen molar-refractivity contribution in [2.45, 2.75) is 38.5 Å². The molecule has 0 spiro atoms. The fourth-order valence-electron chi connectivity index (χ4n) is 3.10. The van der Waals surface area contributed by atoms with Crippen molar-refractivity contribution in [2.75, 3.05) is 0 Å². The molecule has 1 aliphatic carbocycles. The topological polar surface area (TPSA) is 71.3 Å². The summed E-state index contributed by atoms with van der Waals surface area (Å²) in [6, 6.07) is 8.94. The van der Waals surface area contributed by atoms with E-state index in [1.54, 1.807) is 32.0 Å². The van der Waals surface area contributed by atoms with Crippen molar-refractivity contribution in [1.82, 2.24) is 10.9 Å². The van der Waals surface area contributed by atoms with Crippen LogP contribution in [0.5, 0.6) is 0 Å². The Balaban J connectivity index is 1.70. The van der Waals surface area contributed by atoms with Crippen LogP contribution in [0.15, 0.2) is 34.7 Å². The van der Waals surface area contributed by atoms with Gasteiger partial charge < -0.3 is 4.42 Å². The van der Waals surface area contributed by atoms with Gasteiger partial charge in [0, 0.05) is 5.02 Å². The number of rotatable bonds is 3. The fourth-order valence-corrected chi connectivity index (χ4v) is 3.23. The highest BCUT2D eigenvalue weighted by molar-refractivity contribution is 6.30. The standard InChI is InChI=1S/C18H19ClN2O3/c1-11-10-15(12(2)24-11)16(22)20-21-17(23)18(8-3-9-18)13-4-6-14(19)7-5-13/h4-7,10H,3,8-9H2,1-2H3,(H,20,22)(H,21,23). The molecule has 1 saturated carbocycles. The normalized spacial score (nSPS) is 15.5. The van der Waals surface area contributed by atoms with Gasteiger partial charge in [-0.3, -0.25) is 20.4 Å². The predicted octanol–water partition coefficient (Wildman–Crippen LogP) is 3.43. The Morgan fingerprint density at radius 1 is 1.12 bits per heavy atom. The molecule has 2 aromatic rings. The number of amides is 2. The number of furan rings is 1. The number of benzene rings is 1. The molecule has 2 amide bonds. The van der Waals surface area contributed by atoms with Gasteiger partial charge in [0.15, 0.2) is 0 Å². The molecule has 0 unspecified atom stereocenters. The molecular weight excluding hydrogens is 328 g/mol. The lowest BCUT2D eigenvalue weighted by Gasteiger charge is -2.40. The average Bonchev–Trinajstić information content (AvgIpc) is 2.84. The van der Waals surface area contributed by atoms with Crippen LogP contribution in [0.1, 0.15) is 46.7 Å². The number of carbonyl (C=O) groups is 2. The highest BCUT2D eigenvalue weighted by Gasteiger charge is 2.45. The summed E-state index contributed by atoms with van der Waals surface area (Å²) in [6.45, 7) is 3.48. The van der Waals surface area contributed by atoms with Gasteiger partial charge in [0.25, 0.3) is 5.91 Å². The lowest BCUT2D eigenvalue weighted by Crippen LogP contribution is -2.54. The monoisotopic (exact) mass is 346 g/mol. The summed E-state index contributed by atoms with van der Waals surface area (Å²) in [5.74, 6) is 0.585. The van der Waals surface area contributed by atoms with E-state index in [-0.39, 0.29) is 11.8 Å². The van der Waals surface area contributed by atoms with Gasteiger partial charge in [-0.25, -0.2) is 0 Å². The van der Waals surface area contributed by atoms with Gasteiger partial charge in [-0.05, 0) is 50.5 Å². The second-order valence-corrected chi connectivity index (χ2v) is 6.61. The molecule has 0 saturated heterocycles. The SMILES string of the molecule is Cc1cc(C(=O)NNC(=O)C2(c3ccc(Cl)cc3)CCC2)c(C)o1. The van der Waals surface area contributed by atoms with Crippen molar-refractivity contribution in [3.63, 3.8) is 0 Å². The minimum absolute atomic E-state index is 0.206. The molecule has 3 rings (SSSR count). The third kappa shape index (κ3) is 2.91. The van der Waals surface area contributed by atoms with Crippen LogP contribution in [0, 0.1) is 13.8 Å². The summed E-state index contributed by atoms with van der Waals surface area (Å²) in [6.07, 6.45) is 2.48. The number of hydrogen-bond acceptors (Lipinski definition) is 3. The number of carbonyl (C=O) groups excluding carboxylic acids is 2. The van der Waals surface area contributed by atoms with Crippen LogP contribution >= 0.6 is 11.6 Å². The van der Waals surface area contributed by atoms with E-state index in [0.29, 0.717) is 22.1 Å².